The Kier molecular flexibility index (Phi) is 8.87. The van der Waals surface area contributed by atoms with Crippen molar-refractivity contribution in [3.8, 4) is 6.07 Å². The fraction of sp³-hybridized carbons (Fsp3) is 0.750. The Balaban J connectivity index is 2.29. The number of amides is 2. The molecule has 0 aromatic carbocycles. The maximum absolute atomic E-state index is 12.9. The molecule has 0 spiro atoms. The second kappa shape index (κ2) is 10.5. The number of ether oxygens (including phenoxy) is 1. The van der Waals surface area contributed by atoms with Crippen LogP contribution in [0.25, 0.3) is 0 Å². The smallest absolute Gasteiger partial charge is 0.328 e. The van der Waals surface area contributed by atoms with Gasteiger partial charge in [-0.2, -0.15) is 5.26 Å². The van der Waals surface area contributed by atoms with Crippen LogP contribution in [0.4, 0.5) is 4.79 Å². The zero-order chi connectivity index (χ0) is 27.0. The Labute approximate surface area is 213 Å². The van der Waals surface area contributed by atoms with E-state index in [2.05, 4.69) is 73.0 Å². The van der Waals surface area contributed by atoms with E-state index in [1.807, 2.05) is 6.07 Å². The van der Waals surface area contributed by atoms with E-state index in [9.17, 15) is 10.1 Å². The summed E-state index contributed by atoms with van der Waals surface area (Å²) >= 11 is 0. The van der Waals surface area contributed by atoms with Gasteiger partial charge in [0.05, 0.1) is 36.2 Å². The highest BCUT2D eigenvalue weighted by Gasteiger charge is 2.48. The lowest BCUT2D eigenvalue weighted by atomic mass is 10.1. The Morgan fingerprint density at radius 3 is 2.23 bits per heavy atom. The highest BCUT2D eigenvalue weighted by Crippen LogP contribution is 2.41. The van der Waals surface area contributed by atoms with E-state index in [1.165, 1.54) is 4.90 Å². The molecule has 0 saturated carbocycles. The molecule has 2 amide bonds. The molecule has 35 heavy (non-hydrogen) atoms. The molecular formula is C24H45N5O4Si2. The second-order valence-corrected chi connectivity index (χ2v) is 22.0. The van der Waals surface area contributed by atoms with E-state index < -0.39 is 35.1 Å². The molecule has 2 aliphatic rings. The topological polar surface area (TPSA) is 136 Å². The van der Waals surface area contributed by atoms with Gasteiger partial charge in [0.1, 0.15) is 12.3 Å². The number of nitrogens with zero attached hydrogens (tertiary/aromatic N) is 2. The molecule has 2 heterocycles. The van der Waals surface area contributed by atoms with Gasteiger partial charge in [0.25, 0.3) is 0 Å². The first kappa shape index (κ1) is 29.7. The van der Waals surface area contributed by atoms with Crippen LogP contribution in [0.1, 0.15) is 48.0 Å². The van der Waals surface area contributed by atoms with Crippen LogP contribution in [0.15, 0.2) is 23.5 Å². The molecule has 0 bridgehead atoms. The van der Waals surface area contributed by atoms with Gasteiger partial charge in [-0.15, -0.1) is 0 Å². The van der Waals surface area contributed by atoms with E-state index in [0.29, 0.717) is 18.7 Å². The van der Waals surface area contributed by atoms with E-state index in [0.717, 1.165) is 0 Å². The van der Waals surface area contributed by atoms with Crippen molar-refractivity contribution in [2.75, 3.05) is 6.61 Å². The Hall–Kier alpha value is -1.53. The zero-order valence-electron chi connectivity index (χ0n) is 23.1. The van der Waals surface area contributed by atoms with Gasteiger partial charge in [0, 0.05) is 12.6 Å². The predicted molar refractivity (Wildman–Crippen MR) is 143 cm³/mol. The molecule has 198 valence electrons. The second-order valence-electron chi connectivity index (χ2n) is 12.5. The van der Waals surface area contributed by atoms with Gasteiger partial charge < -0.3 is 30.4 Å². The molecule has 0 radical (unpaired) electrons. The van der Waals surface area contributed by atoms with E-state index in [4.69, 9.17) is 25.1 Å². The van der Waals surface area contributed by atoms with Gasteiger partial charge in [0.2, 0.25) is 0 Å². The van der Waals surface area contributed by atoms with E-state index in [-0.39, 0.29) is 27.9 Å². The number of rotatable bonds is 7. The summed E-state index contributed by atoms with van der Waals surface area (Å²) < 4.78 is 19.7. The minimum Gasteiger partial charge on any atom is -0.414 e. The normalized spacial score (nSPS) is 25.7. The summed E-state index contributed by atoms with van der Waals surface area (Å²) in [5.74, 6) is 0. The Morgan fingerprint density at radius 1 is 1.20 bits per heavy atom. The van der Waals surface area contributed by atoms with Crippen molar-refractivity contribution in [1.29, 1.82) is 5.26 Å². The lowest BCUT2D eigenvalue weighted by Crippen LogP contribution is -2.48. The fourth-order valence-electron chi connectivity index (χ4n) is 3.35. The number of carbonyl (C=O) groups is 1. The predicted octanol–water partition coefficient (Wildman–Crippen LogP) is 4.07. The summed E-state index contributed by atoms with van der Waals surface area (Å²) in [6.07, 6.45) is 1.76. The zero-order valence-corrected chi connectivity index (χ0v) is 25.1. The third-order valence-electron chi connectivity index (χ3n) is 7.78. The van der Waals surface area contributed by atoms with Crippen molar-refractivity contribution in [3.63, 3.8) is 0 Å². The molecule has 0 aliphatic carbocycles. The van der Waals surface area contributed by atoms with Gasteiger partial charge in [-0.25, -0.2) is 4.79 Å². The van der Waals surface area contributed by atoms with Crippen molar-refractivity contribution >= 4 is 22.7 Å². The summed E-state index contributed by atoms with van der Waals surface area (Å²) in [7, 11) is -4.10. The summed E-state index contributed by atoms with van der Waals surface area (Å²) in [5.41, 5.74) is 11.7. The van der Waals surface area contributed by atoms with Crippen molar-refractivity contribution in [2.45, 2.75) is 109 Å². The van der Waals surface area contributed by atoms with E-state index in [1.54, 1.807) is 12.3 Å². The number of nitrogens with two attached hydrogens (primary N) is 2. The average molecular weight is 524 g/mol. The average Bonchev–Trinajstić information content (AvgIpc) is 3.06. The van der Waals surface area contributed by atoms with Crippen molar-refractivity contribution in [2.24, 2.45) is 11.5 Å². The Morgan fingerprint density at radius 2 is 1.77 bits per heavy atom. The molecule has 2 aliphatic heterocycles. The maximum Gasteiger partial charge on any atom is 0.328 e. The number of carbonyl (C=O) groups excluding carboxylic acids is 1. The molecule has 1 fully saturated rings. The van der Waals surface area contributed by atoms with Crippen molar-refractivity contribution in [1.82, 2.24) is 10.2 Å². The first-order chi connectivity index (χ1) is 15.8. The quantitative estimate of drug-likeness (QED) is 0.260. The van der Waals surface area contributed by atoms with Gasteiger partial charge in [0.15, 0.2) is 16.6 Å². The summed E-state index contributed by atoms with van der Waals surface area (Å²) in [4.78, 5) is 14.4. The number of nitriles is 1. The van der Waals surface area contributed by atoms with Gasteiger partial charge >= 0.3 is 6.03 Å². The molecule has 9 nitrogen and oxygen atoms in total. The van der Waals surface area contributed by atoms with Crippen LogP contribution in [0.5, 0.6) is 0 Å². The van der Waals surface area contributed by atoms with Gasteiger partial charge in [-0.3, -0.25) is 4.90 Å². The largest absolute Gasteiger partial charge is 0.414 e. The fourth-order valence-corrected chi connectivity index (χ4v) is 5.72. The highest BCUT2D eigenvalue weighted by molar-refractivity contribution is 6.74. The summed E-state index contributed by atoms with van der Waals surface area (Å²) in [6, 6.07) is 1.55. The molecule has 11 heteroatoms. The monoisotopic (exact) mass is 523 g/mol. The number of hydrogen-bond donors (Lipinski definition) is 3. The molecule has 5 N–H and O–H groups in total. The van der Waals surface area contributed by atoms with Gasteiger partial charge in [-0.05, 0) is 42.3 Å². The number of allylic oxidation sites excluding steroid dienone is 1. The number of nitrogens with one attached hydrogen (secondary N) is 1. The van der Waals surface area contributed by atoms with E-state index >= 15 is 0 Å². The number of hydrogen-bond acceptors (Lipinski definition) is 7. The molecule has 3 atom stereocenters. The maximum atomic E-state index is 12.9. The lowest BCUT2D eigenvalue weighted by molar-refractivity contribution is -0.0494. The van der Waals surface area contributed by atoms with Crippen LogP contribution in [-0.2, 0) is 13.6 Å². The standard InChI is InChI=1S/C24H45N5O4Si2/c1-23(2,3)34(7,8)31-15-19-18(33-35(9,10)24(4,5)6)13-20(32-19)29-12-11-17(28-22(29)30)16(14-25)21(26)27/h11-12,18-21H,13,15,26-27H2,1-10H3,(H,28,30)/b17-16-/t18-,19+,20+/m0/s1. The third kappa shape index (κ3) is 6.82. The molecule has 0 aromatic rings. The molecular weight excluding hydrogens is 478 g/mol. The van der Waals surface area contributed by atoms with Crippen LogP contribution in [-0.4, -0.2) is 58.8 Å². The molecule has 0 aromatic heterocycles. The minimum absolute atomic E-state index is 0.0344. The summed E-state index contributed by atoms with van der Waals surface area (Å²) in [6.45, 7) is 22.5. The highest BCUT2D eigenvalue weighted by atomic mass is 28.4. The summed E-state index contributed by atoms with van der Waals surface area (Å²) in [5, 5.41) is 12.1. The van der Waals surface area contributed by atoms with Crippen LogP contribution < -0.4 is 16.8 Å². The Bertz CT molecular complexity index is 897. The first-order valence-electron chi connectivity index (χ1n) is 12.2. The molecule has 2 rings (SSSR count). The van der Waals surface area contributed by atoms with Gasteiger partial charge in [-0.1, -0.05) is 41.5 Å². The van der Waals surface area contributed by atoms with Crippen molar-refractivity contribution < 1.29 is 18.4 Å². The molecule has 0 unspecified atom stereocenters. The first-order valence-corrected chi connectivity index (χ1v) is 18.0. The lowest BCUT2D eigenvalue weighted by Gasteiger charge is -2.40. The third-order valence-corrected chi connectivity index (χ3v) is 16.8. The van der Waals surface area contributed by atoms with Crippen LogP contribution in [0.2, 0.25) is 36.3 Å². The van der Waals surface area contributed by atoms with Crippen LogP contribution in [0.3, 0.4) is 0 Å². The SMILES string of the molecule is CC(C)(C)[Si](C)(C)OC[C@H]1O[C@@H](N2C=C/C(=C(\C#N)C(N)N)NC2=O)C[C@@H]1O[Si](C)(C)C(C)(C)C. The minimum atomic E-state index is -2.10. The number of urea groups is 1. The molecule has 1 saturated heterocycles. The van der Waals surface area contributed by atoms with Crippen molar-refractivity contribution in [3.05, 3.63) is 23.5 Å². The van der Waals surface area contributed by atoms with Crippen LogP contribution in [0, 0.1) is 11.3 Å². The van der Waals surface area contributed by atoms with Crippen LogP contribution >= 0.6 is 0 Å².